The summed E-state index contributed by atoms with van der Waals surface area (Å²) in [6, 6.07) is 0. The second-order valence-corrected chi connectivity index (χ2v) is 3.52. The van der Waals surface area contributed by atoms with Crippen molar-refractivity contribution in [2.75, 3.05) is 26.7 Å². The van der Waals surface area contributed by atoms with Crippen LogP contribution in [0.25, 0.3) is 0 Å². The lowest BCUT2D eigenvalue weighted by Crippen LogP contribution is -2.43. The van der Waals surface area contributed by atoms with Crippen LogP contribution in [0.3, 0.4) is 0 Å². The summed E-state index contributed by atoms with van der Waals surface area (Å²) in [6.07, 6.45) is 0.846. The summed E-state index contributed by atoms with van der Waals surface area (Å²) in [6.45, 7) is -0.262. The van der Waals surface area contributed by atoms with Gasteiger partial charge in [0.25, 0.3) is 0 Å². The van der Waals surface area contributed by atoms with E-state index in [4.69, 9.17) is 4.11 Å². The lowest BCUT2D eigenvalue weighted by Gasteiger charge is -2.39. The van der Waals surface area contributed by atoms with Crippen molar-refractivity contribution >= 4 is 0 Å². The Morgan fingerprint density at radius 1 is 1.92 bits per heavy atom. The fraction of sp³-hybridized carbons (Fsp3) is 0.778. The molecule has 0 spiro atoms. The molecule has 0 unspecified atom stereocenters. The molecular weight excluding hydrogens is 157 g/mol. The molecular formula is C9H16FNO. The molecule has 0 bridgehead atoms. The maximum Gasteiger partial charge on any atom is 0.0866 e. The highest BCUT2D eigenvalue weighted by Gasteiger charge is 2.33. The van der Waals surface area contributed by atoms with Crippen LogP contribution < -0.4 is 0 Å². The number of hydrogen-bond donors (Lipinski definition) is 1. The van der Waals surface area contributed by atoms with E-state index in [1.54, 1.807) is 6.92 Å². The van der Waals surface area contributed by atoms with Crippen LogP contribution in [-0.2, 0) is 0 Å². The van der Waals surface area contributed by atoms with Crippen molar-refractivity contribution in [2.45, 2.75) is 13.3 Å². The standard InChI is InChI=1S/C9H16FNO/c1-9(7-12)6-11(2)4-3-8(9)5-10/h5,12H,3-4,6-7H2,1-2H3/t9-/m1/s1/i2D3. The number of aliphatic hydroxyl groups is 1. The number of halogens is 1. The van der Waals surface area contributed by atoms with E-state index in [9.17, 15) is 9.50 Å². The SMILES string of the molecule is [2H]C([2H])([2H])N1CCC(=CF)[C@@](C)(CO)C1. The molecule has 0 aromatic rings. The first-order chi connectivity index (χ1) is 6.83. The minimum atomic E-state index is -2.17. The number of rotatable bonds is 1. The van der Waals surface area contributed by atoms with Gasteiger partial charge in [-0.1, -0.05) is 6.92 Å². The van der Waals surface area contributed by atoms with E-state index in [-0.39, 0.29) is 13.2 Å². The van der Waals surface area contributed by atoms with Gasteiger partial charge < -0.3 is 10.0 Å². The highest BCUT2D eigenvalue weighted by atomic mass is 19.1. The van der Waals surface area contributed by atoms with Crippen LogP contribution in [0.15, 0.2) is 11.9 Å². The second kappa shape index (κ2) is 3.54. The number of piperidine rings is 1. The molecule has 0 radical (unpaired) electrons. The topological polar surface area (TPSA) is 23.5 Å². The first-order valence-electron chi connectivity index (χ1n) is 5.49. The zero-order valence-electron chi connectivity index (χ0n) is 10.2. The zero-order valence-corrected chi connectivity index (χ0v) is 7.18. The summed E-state index contributed by atoms with van der Waals surface area (Å²) >= 11 is 0. The van der Waals surface area contributed by atoms with Crippen molar-refractivity contribution in [1.82, 2.24) is 4.90 Å². The molecule has 0 saturated carbocycles. The third-order valence-corrected chi connectivity index (χ3v) is 2.45. The van der Waals surface area contributed by atoms with Gasteiger partial charge in [-0.25, -0.2) is 4.39 Å². The van der Waals surface area contributed by atoms with Crippen LogP contribution in [0.2, 0.25) is 0 Å². The molecule has 1 N–H and O–H groups in total. The monoisotopic (exact) mass is 176 g/mol. The smallest absolute Gasteiger partial charge is 0.0866 e. The van der Waals surface area contributed by atoms with Gasteiger partial charge in [-0.2, -0.15) is 0 Å². The average Bonchev–Trinajstić information content (AvgIpc) is 2.16. The number of aliphatic hydroxyl groups excluding tert-OH is 1. The summed E-state index contributed by atoms with van der Waals surface area (Å²) in [5.74, 6) is 0. The third-order valence-electron chi connectivity index (χ3n) is 2.45. The Kier molecular flexibility index (Phi) is 1.80. The Balaban J connectivity index is 2.85. The van der Waals surface area contributed by atoms with Gasteiger partial charge in [-0.05, 0) is 19.0 Å². The minimum absolute atomic E-state index is 0.162. The largest absolute Gasteiger partial charge is 0.395 e. The molecule has 0 amide bonds. The average molecular weight is 176 g/mol. The van der Waals surface area contributed by atoms with E-state index >= 15 is 0 Å². The zero-order chi connectivity index (χ0) is 11.7. The van der Waals surface area contributed by atoms with Gasteiger partial charge in [-0.15, -0.1) is 0 Å². The van der Waals surface area contributed by atoms with E-state index < -0.39 is 12.4 Å². The van der Waals surface area contributed by atoms with Crippen molar-refractivity contribution in [3.05, 3.63) is 11.9 Å². The number of hydrogen-bond acceptors (Lipinski definition) is 2. The molecule has 1 aliphatic heterocycles. The van der Waals surface area contributed by atoms with Crippen molar-refractivity contribution < 1.29 is 13.6 Å². The van der Waals surface area contributed by atoms with Crippen LogP contribution in [0.5, 0.6) is 0 Å². The van der Waals surface area contributed by atoms with Crippen LogP contribution >= 0.6 is 0 Å². The molecule has 1 rings (SSSR count). The molecule has 2 nitrogen and oxygen atoms in total. The predicted octanol–water partition coefficient (Wildman–Crippen LogP) is 1.17. The Morgan fingerprint density at radius 2 is 2.67 bits per heavy atom. The van der Waals surface area contributed by atoms with Crippen molar-refractivity contribution in [3.63, 3.8) is 0 Å². The van der Waals surface area contributed by atoms with Gasteiger partial charge in [0.1, 0.15) is 0 Å². The maximum atomic E-state index is 12.6. The Morgan fingerprint density at radius 3 is 3.17 bits per heavy atom. The first kappa shape index (κ1) is 6.11. The van der Waals surface area contributed by atoms with Gasteiger partial charge in [0.2, 0.25) is 0 Å². The van der Waals surface area contributed by atoms with Crippen LogP contribution in [0, 0.1) is 5.41 Å². The maximum absolute atomic E-state index is 12.6. The van der Waals surface area contributed by atoms with Gasteiger partial charge in [0.15, 0.2) is 0 Å². The van der Waals surface area contributed by atoms with Gasteiger partial charge in [0.05, 0.1) is 12.9 Å². The van der Waals surface area contributed by atoms with E-state index in [1.165, 1.54) is 4.90 Å². The molecule has 1 aliphatic rings. The molecule has 1 saturated heterocycles. The Labute approximate surface area is 76.9 Å². The molecule has 1 atom stereocenters. The Hall–Kier alpha value is -0.410. The molecule has 0 aromatic heterocycles. The molecule has 0 aliphatic carbocycles. The summed E-state index contributed by atoms with van der Waals surface area (Å²) in [4.78, 5) is 1.30. The van der Waals surface area contributed by atoms with Crippen molar-refractivity contribution in [3.8, 4) is 0 Å². The predicted molar refractivity (Wildman–Crippen MR) is 46.5 cm³/mol. The van der Waals surface area contributed by atoms with Gasteiger partial charge in [-0.3, -0.25) is 0 Å². The summed E-state index contributed by atoms with van der Waals surface area (Å²) in [5.41, 5.74) is -0.285. The highest BCUT2D eigenvalue weighted by molar-refractivity contribution is 5.15. The number of likely N-dealkylation sites (tertiary alicyclic amines) is 1. The second-order valence-electron chi connectivity index (χ2n) is 3.52. The van der Waals surface area contributed by atoms with Crippen molar-refractivity contribution in [2.24, 2.45) is 5.41 Å². The first-order valence-corrected chi connectivity index (χ1v) is 3.99. The van der Waals surface area contributed by atoms with Crippen LogP contribution in [0.1, 0.15) is 17.5 Å². The molecule has 0 aromatic carbocycles. The fourth-order valence-corrected chi connectivity index (χ4v) is 1.50. The third kappa shape index (κ3) is 1.67. The summed E-state index contributed by atoms with van der Waals surface area (Å²) in [5, 5.41) is 9.22. The summed E-state index contributed by atoms with van der Waals surface area (Å²) in [7, 11) is 0. The molecule has 1 fully saturated rings. The quantitative estimate of drug-likeness (QED) is 0.648. The Bertz CT molecular complexity index is 267. The van der Waals surface area contributed by atoms with E-state index in [0.717, 1.165) is 0 Å². The van der Waals surface area contributed by atoms with Crippen molar-refractivity contribution in [1.29, 1.82) is 0 Å². The minimum Gasteiger partial charge on any atom is -0.395 e. The molecule has 70 valence electrons. The molecule has 12 heavy (non-hydrogen) atoms. The molecule has 1 heterocycles. The van der Waals surface area contributed by atoms with E-state index in [0.29, 0.717) is 24.9 Å². The van der Waals surface area contributed by atoms with Gasteiger partial charge in [0, 0.05) is 22.6 Å². The normalized spacial score (nSPS) is 40.6. The van der Waals surface area contributed by atoms with E-state index in [1.807, 2.05) is 0 Å². The molecule has 3 heteroatoms. The highest BCUT2D eigenvalue weighted by Crippen LogP contribution is 2.33. The lowest BCUT2D eigenvalue weighted by atomic mass is 9.79. The van der Waals surface area contributed by atoms with Gasteiger partial charge >= 0.3 is 0 Å². The fourth-order valence-electron chi connectivity index (χ4n) is 1.50. The lowest BCUT2D eigenvalue weighted by molar-refractivity contribution is 0.102. The van der Waals surface area contributed by atoms with Crippen LogP contribution in [-0.4, -0.2) is 36.7 Å². The summed E-state index contributed by atoms with van der Waals surface area (Å²) < 4.78 is 34.3. The van der Waals surface area contributed by atoms with Crippen LogP contribution in [0.4, 0.5) is 4.39 Å². The number of nitrogens with zero attached hydrogens (tertiary/aromatic N) is 1. The van der Waals surface area contributed by atoms with E-state index in [2.05, 4.69) is 0 Å².